The Kier molecular flexibility index (Phi) is 4.08. The smallest absolute Gasteiger partial charge is 0.0702 e. The third kappa shape index (κ3) is 3.18. The lowest BCUT2D eigenvalue weighted by Gasteiger charge is -2.07. The number of rotatable bonds is 4. The number of hydrogen-bond donors (Lipinski definition) is 1. The molecule has 3 aromatic rings. The largest absolute Gasteiger partial charge is 0.316 e. The Balaban J connectivity index is 1.92. The van der Waals surface area contributed by atoms with Crippen LogP contribution in [0.25, 0.3) is 22.4 Å². The van der Waals surface area contributed by atoms with E-state index in [0.29, 0.717) is 0 Å². The van der Waals surface area contributed by atoms with Gasteiger partial charge in [0, 0.05) is 18.3 Å². The second-order valence-corrected chi connectivity index (χ2v) is 5.02. The molecule has 2 nitrogen and oxygen atoms in total. The molecule has 0 aliphatic rings. The predicted octanol–water partition coefficient (Wildman–Crippen LogP) is 4.14. The number of hydrogen-bond acceptors (Lipinski definition) is 2. The number of nitrogens with one attached hydrogen (secondary N) is 1. The van der Waals surface area contributed by atoms with E-state index >= 15 is 0 Å². The fourth-order valence-electron chi connectivity index (χ4n) is 2.41. The minimum atomic E-state index is 0.897. The first-order valence-corrected chi connectivity index (χ1v) is 7.12. The maximum Gasteiger partial charge on any atom is 0.0702 e. The molecule has 0 atom stereocenters. The molecule has 0 saturated heterocycles. The summed E-state index contributed by atoms with van der Waals surface area (Å²) >= 11 is 0. The molecular formula is C19H18N2. The molecule has 0 radical (unpaired) electrons. The molecule has 1 aromatic heterocycles. The summed E-state index contributed by atoms with van der Waals surface area (Å²) in [4.78, 5) is 4.41. The Morgan fingerprint density at radius 2 is 1.62 bits per heavy atom. The van der Waals surface area contributed by atoms with Crippen molar-refractivity contribution in [2.75, 3.05) is 7.05 Å². The van der Waals surface area contributed by atoms with Crippen LogP contribution in [-0.4, -0.2) is 12.0 Å². The van der Waals surface area contributed by atoms with Gasteiger partial charge in [-0.25, -0.2) is 0 Å². The fraction of sp³-hybridized carbons (Fsp3) is 0.105. The van der Waals surface area contributed by atoms with E-state index in [9.17, 15) is 0 Å². The van der Waals surface area contributed by atoms with Crippen molar-refractivity contribution in [2.45, 2.75) is 6.54 Å². The van der Waals surface area contributed by atoms with Gasteiger partial charge in [0.05, 0.1) is 5.69 Å². The summed E-state index contributed by atoms with van der Waals surface area (Å²) in [7, 11) is 1.96. The number of nitrogens with zero attached hydrogens (tertiary/aromatic N) is 1. The maximum absolute atomic E-state index is 4.41. The van der Waals surface area contributed by atoms with Crippen LogP contribution in [0, 0.1) is 0 Å². The lowest BCUT2D eigenvalue weighted by atomic mass is 10.0. The Labute approximate surface area is 125 Å². The number of benzene rings is 2. The molecule has 0 aliphatic heterocycles. The van der Waals surface area contributed by atoms with Gasteiger partial charge >= 0.3 is 0 Å². The molecule has 104 valence electrons. The molecule has 2 aromatic carbocycles. The molecular weight excluding hydrogens is 256 g/mol. The second kappa shape index (κ2) is 6.33. The minimum absolute atomic E-state index is 0.897. The van der Waals surface area contributed by atoms with Crippen molar-refractivity contribution in [3.63, 3.8) is 0 Å². The topological polar surface area (TPSA) is 24.9 Å². The lowest BCUT2D eigenvalue weighted by molar-refractivity contribution is 0.818. The van der Waals surface area contributed by atoms with E-state index < -0.39 is 0 Å². The molecule has 0 fully saturated rings. The summed E-state index contributed by atoms with van der Waals surface area (Å²) in [6, 6.07) is 23.2. The summed E-state index contributed by atoms with van der Waals surface area (Å²) in [5, 5.41) is 3.17. The molecule has 0 spiro atoms. The average Bonchev–Trinajstić information content (AvgIpc) is 2.57. The minimum Gasteiger partial charge on any atom is -0.316 e. The predicted molar refractivity (Wildman–Crippen MR) is 87.9 cm³/mol. The van der Waals surface area contributed by atoms with Gasteiger partial charge in [0.1, 0.15) is 0 Å². The highest BCUT2D eigenvalue weighted by Crippen LogP contribution is 2.25. The molecule has 21 heavy (non-hydrogen) atoms. The van der Waals surface area contributed by atoms with E-state index in [-0.39, 0.29) is 0 Å². The molecule has 0 aliphatic carbocycles. The van der Waals surface area contributed by atoms with E-state index in [0.717, 1.165) is 17.8 Å². The summed E-state index contributed by atoms with van der Waals surface area (Å²) in [6.45, 7) is 0.897. The van der Waals surface area contributed by atoms with Gasteiger partial charge in [-0.2, -0.15) is 0 Å². The van der Waals surface area contributed by atoms with Crippen LogP contribution in [0.4, 0.5) is 0 Å². The normalized spacial score (nSPS) is 10.5. The molecule has 0 unspecified atom stereocenters. The van der Waals surface area contributed by atoms with E-state index in [1.165, 1.54) is 16.7 Å². The second-order valence-electron chi connectivity index (χ2n) is 5.02. The van der Waals surface area contributed by atoms with Gasteiger partial charge in [-0.1, -0.05) is 48.5 Å². The van der Waals surface area contributed by atoms with Crippen LogP contribution < -0.4 is 5.32 Å². The summed E-state index contributed by atoms with van der Waals surface area (Å²) in [5.74, 6) is 0. The van der Waals surface area contributed by atoms with Crippen molar-refractivity contribution in [2.24, 2.45) is 0 Å². The van der Waals surface area contributed by atoms with Gasteiger partial charge < -0.3 is 5.32 Å². The van der Waals surface area contributed by atoms with Crippen LogP contribution in [0.1, 0.15) is 5.56 Å². The molecule has 2 heteroatoms. The van der Waals surface area contributed by atoms with Gasteiger partial charge in [-0.15, -0.1) is 0 Å². The first kappa shape index (κ1) is 13.5. The Hall–Kier alpha value is -2.45. The highest BCUT2D eigenvalue weighted by Gasteiger charge is 2.02. The zero-order valence-corrected chi connectivity index (χ0v) is 12.1. The Bertz CT molecular complexity index is 703. The van der Waals surface area contributed by atoms with E-state index in [2.05, 4.69) is 58.8 Å². The van der Waals surface area contributed by atoms with E-state index in [1.54, 1.807) is 0 Å². The Morgan fingerprint density at radius 3 is 2.33 bits per heavy atom. The summed E-state index contributed by atoms with van der Waals surface area (Å²) in [6.07, 6.45) is 1.83. The molecule has 3 rings (SSSR count). The maximum atomic E-state index is 4.41. The van der Waals surface area contributed by atoms with Crippen molar-refractivity contribution in [1.82, 2.24) is 10.3 Å². The number of pyridine rings is 1. The summed E-state index contributed by atoms with van der Waals surface area (Å²) < 4.78 is 0. The van der Waals surface area contributed by atoms with Crippen LogP contribution in [-0.2, 0) is 6.54 Å². The number of aromatic nitrogens is 1. The highest BCUT2D eigenvalue weighted by atomic mass is 14.8. The monoisotopic (exact) mass is 274 g/mol. The van der Waals surface area contributed by atoms with Crippen molar-refractivity contribution < 1.29 is 0 Å². The first-order valence-electron chi connectivity index (χ1n) is 7.12. The van der Waals surface area contributed by atoms with Crippen LogP contribution in [0.15, 0.2) is 72.9 Å². The lowest BCUT2D eigenvalue weighted by Crippen LogP contribution is -2.04. The van der Waals surface area contributed by atoms with Crippen molar-refractivity contribution in [3.05, 3.63) is 78.5 Å². The molecule has 0 bridgehead atoms. The first-order chi connectivity index (χ1) is 10.4. The Morgan fingerprint density at radius 1 is 0.810 bits per heavy atom. The van der Waals surface area contributed by atoms with Crippen LogP contribution in [0.5, 0.6) is 0 Å². The van der Waals surface area contributed by atoms with E-state index in [1.807, 2.05) is 31.4 Å². The van der Waals surface area contributed by atoms with E-state index in [4.69, 9.17) is 0 Å². The van der Waals surface area contributed by atoms with Gasteiger partial charge in [0.25, 0.3) is 0 Å². The van der Waals surface area contributed by atoms with Gasteiger partial charge in [0.2, 0.25) is 0 Å². The fourth-order valence-corrected chi connectivity index (χ4v) is 2.41. The molecule has 1 N–H and O–H groups in total. The van der Waals surface area contributed by atoms with Crippen molar-refractivity contribution in [1.29, 1.82) is 0 Å². The van der Waals surface area contributed by atoms with Crippen molar-refractivity contribution in [3.8, 4) is 22.4 Å². The molecule has 0 amide bonds. The molecule has 0 saturated carbocycles. The van der Waals surface area contributed by atoms with Crippen LogP contribution >= 0.6 is 0 Å². The van der Waals surface area contributed by atoms with Gasteiger partial charge in [0.15, 0.2) is 0 Å². The zero-order valence-electron chi connectivity index (χ0n) is 12.1. The SMILES string of the molecule is CNCc1ccc(-c2cccc(-c3ccccn3)c2)cc1. The van der Waals surface area contributed by atoms with Gasteiger partial charge in [-0.3, -0.25) is 4.98 Å². The third-order valence-corrected chi connectivity index (χ3v) is 3.49. The third-order valence-electron chi connectivity index (χ3n) is 3.49. The summed E-state index contributed by atoms with van der Waals surface area (Å²) in [5.41, 5.74) is 5.89. The van der Waals surface area contributed by atoms with Crippen LogP contribution in [0.2, 0.25) is 0 Å². The van der Waals surface area contributed by atoms with Crippen LogP contribution in [0.3, 0.4) is 0 Å². The zero-order chi connectivity index (χ0) is 14.5. The highest BCUT2D eigenvalue weighted by molar-refractivity contribution is 5.71. The molecule has 1 heterocycles. The average molecular weight is 274 g/mol. The van der Waals surface area contributed by atoms with Crippen molar-refractivity contribution >= 4 is 0 Å². The quantitative estimate of drug-likeness (QED) is 0.773. The standard InChI is InChI=1S/C19H18N2/c1-20-14-15-8-10-16(11-9-15)17-5-4-6-18(13-17)19-7-2-3-12-21-19/h2-13,20H,14H2,1H3. The van der Waals surface area contributed by atoms with Gasteiger partial charge in [-0.05, 0) is 41.9 Å².